The van der Waals surface area contributed by atoms with Crippen LogP contribution in [0.5, 0.6) is 0 Å². The molecule has 0 aliphatic heterocycles. The van der Waals surface area contributed by atoms with Crippen LogP contribution in [0, 0.1) is 0 Å². The second-order valence-corrected chi connectivity index (χ2v) is 6.63. The van der Waals surface area contributed by atoms with E-state index in [1.807, 2.05) is 18.2 Å². The smallest absolute Gasteiger partial charge is 0.178 e. The van der Waals surface area contributed by atoms with Gasteiger partial charge in [0.1, 0.15) is 5.82 Å². The number of nitrogens with one attached hydrogen (secondary N) is 1. The Hall–Kier alpha value is -3.08. The summed E-state index contributed by atoms with van der Waals surface area (Å²) in [5.41, 5.74) is 11.9. The van der Waals surface area contributed by atoms with Gasteiger partial charge in [0.05, 0.1) is 6.04 Å². The molecule has 25 heavy (non-hydrogen) atoms. The summed E-state index contributed by atoms with van der Waals surface area (Å²) in [5, 5.41) is 8.17. The number of aromatic nitrogens is 3. The Kier molecular flexibility index (Phi) is 3.13. The monoisotopic (exact) mass is 329 g/mol. The van der Waals surface area contributed by atoms with Crippen molar-refractivity contribution >= 4 is 22.7 Å². The molecule has 0 saturated heterocycles. The number of nitrogen functional groups attached to an aromatic ring is 1. The number of rotatable bonds is 3. The molecule has 2 aliphatic rings. The topological polar surface area (TPSA) is 68.2 Å². The van der Waals surface area contributed by atoms with Gasteiger partial charge in [0.15, 0.2) is 11.5 Å². The molecular formula is C20H19N5. The summed E-state index contributed by atoms with van der Waals surface area (Å²) in [6, 6.07) is 12.9. The van der Waals surface area contributed by atoms with Crippen LogP contribution in [0.25, 0.3) is 11.2 Å². The minimum absolute atomic E-state index is 0.321. The van der Waals surface area contributed by atoms with Crippen LogP contribution in [0.15, 0.2) is 54.6 Å². The molecule has 3 aromatic rings. The maximum Gasteiger partial charge on any atom is 0.178 e. The van der Waals surface area contributed by atoms with Crippen LogP contribution in [-0.4, -0.2) is 14.6 Å². The van der Waals surface area contributed by atoms with Crippen molar-refractivity contribution in [2.45, 2.75) is 25.3 Å². The van der Waals surface area contributed by atoms with Gasteiger partial charge in [-0.3, -0.25) is 0 Å². The van der Waals surface area contributed by atoms with E-state index in [4.69, 9.17) is 5.73 Å². The lowest BCUT2D eigenvalue weighted by Gasteiger charge is -2.16. The van der Waals surface area contributed by atoms with Gasteiger partial charge in [-0.1, -0.05) is 42.5 Å². The van der Waals surface area contributed by atoms with Crippen molar-refractivity contribution in [3.05, 3.63) is 71.6 Å². The number of nitrogens with two attached hydrogens (primary N) is 1. The van der Waals surface area contributed by atoms with Crippen molar-refractivity contribution in [1.29, 1.82) is 0 Å². The number of nitrogens with zero attached hydrogens (tertiary/aromatic N) is 3. The fourth-order valence-corrected chi connectivity index (χ4v) is 3.75. The number of allylic oxidation sites excluding steroid dienone is 4. The normalized spacial score (nSPS) is 18.6. The number of fused-ring (bicyclic) bond motifs is 2. The van der Waals surface area contributed by atoms with Gasteiger partial charge >= 0.3 is 0 Å². The van der Waals surface area contributed by atoms with E-state index in [-0.39, 0.29) is 0 Å². The third-order valence-electron chi connectivity index (χ3n) is 5.00. The summed E-state index contributed by atoms with van der Waals surface area (Å²) in [7, 11) is 0. The molecule has 0 amide bonds. The van der Waals surface area contributed by atoms with Crippen LogP contribution in [0.4, 0.5) is 11.5 Å². The van der Waals surface area contributed by atoms with E-state index >= 15 is 0 Å². The Morgan fingerprint density at radius 3 is 3.00 bits per heavy atom. The lowest BCUT2D eigenvalue weighted by Crippen LogP contribution is -2.08. The highest BCUT2D eigenvalue weighted by Crippen LogP contribution is 2.34. The Balaban J connectivity index is 1.48. The molecule has 2 heterocycles. The van der Waals surface area contributed by atoms with E-state index in [0.29, 0.717) is 11.9 Å². The second-order valence-electron chi connectivity index (χ2n) is 6.63. The number of anilines is 2. The molecule has 2 aliphatic carbocycles. The summed E-state index contributed by atoms with van der Waals surface area (Å²) >= 11 is 0. The van der Waals surface area contributed by atoms with E-state index in [2.05, 4.69) is 51.8 Å². The van der Waals surface area contributed by atoms with Crippen molar-refractivity contribution in [3.63, 3.8) is 0 Å². The molecule has 0 bridgehead atoms. The molecule has 0 spiro atoms. The van der Waals surface area contributed by atoms with Crippen molar-refractivity contribution in [2.24, 2.45) is 0 Å². The summed E-state index contributed by atoms with van der Waals surface area (Å²) in [5.74, 6) is 1.34. The lowest BCUT2D eigenvalue weighted by atomic mass is 10.1. The van der Waals surface area contributed by atoms with Gasteiger partial charge in [-0.25, -0.2) is 4.98 Å². The summed E-state index contributed by atoms with van der Waals surface area (Å²) in [6.07, 6.45) is 9.28. The van der Waals surface area contributed by atoms with Gasteiger partial charge < -0.3 is 11.1 Å². The highest BCUT2D eigenvalue weighted by Gasteiger charge is 2.22. The fraction of sp³-hybridized carbons (Fsp3) is 0.200. The van der Waals surface area contributed by atoms with Crippen LogP contribution >= 0.6 is 0 Å². The quantitative estimate of drug-likeness (QED) is 0.768. The van der Waals surface area contributed by atoms with Gasteiger partial charge in [0.25, 0.3) is 0 Å². The molecule has 1 aromatic carbocycles. The first-order valence-electron chi connectivity index (χ1n) is 8.65. The summed E-state index contributed by atoms with van der Waals surface area (Å²) < 4.78 is 1.71. The Labute approximate surface area is 145 Å². The van der Waals surface area contributed by atoms with Gasteiger partial charge in [0, 0.05) is 23.4 Å². The average molecular weight is 329 g/mol. The van der Waals surface area contributed by atoms with E-state index < -0.39 is 0 Å². The summed E-state index contributed by atoms with van der Waals surface area (Å²) in [6.45, 7) is 0. The first kappa shape index (κ1) is 14.3. The number of hydrogen-bond donors (Lipinski definition) is 2. The third-order valence-corrected chi connectivity index (χ3v) is 5.00. The average Bonchev–Trinajstić information content (AvgIpc) is 3.34. The zero-order valence-corrected chi connectivity index (χ0v) is 13.8. The van der Waals surface area contributed by atoms with Crippen LogP contribution in [0.2, 0.25) is 0 Å². The van der Waals surface area contributed by atoms with Crippen molar-refractivity contribution in [1.82, 2.24) is 14.6 Å². The predicted octanol–water partition coefficient (Wildman–Crippen LogP) is 3.75. The third kappa shape index (κ3) is 2.39. The highest BCUT2D eigenvalue weighted by molar-refractivity contribution is 5.69. The van der Waals surface area contributed by atoms with E-state index in [9.17, 15) is 0 Å². The van der Waals surface area contributed by atoms with Crippen molar-refractivity contribution in [3.8, 4) is 0 Å². The van der Waals surface area contributed by atoms with E-state index in [1.54, 1.807) is 4.52 Å². The number of pyridine rings is 1. The predicted molar refractivity (Wildman–Crippen MR) is 100 cm³/mol. The molecule has 0 radical (unpaired) electrons. The number of hydrogen-bond acceptors (Lipinski definition) is 4. The molecule has 5 heteroatoms. The number of benzene rings is 1. The maximum absolute atomic E-state index is 6.22. The Bertz CT molecular complexity index is 1030. The molecule has 0 saturated carbocycles. The maximum atomic E-state index is 6.22. The van der Waals surface area contributed by atoms with Gasteiger partial charge in [0.2, 0.25) is 0 Å². The van der Waals surface area contributed by atoms with E-state index in [0.717, 1.165) is 42.0 Å². The van der Waals surface area contributed by atoms with Crippen LogP contribution in [0.1, 0.15) is 35.8 Å². The molecule has 5 nitrogen and oxygen atoms in total. The SMILES string of the molecule is Nc1cc(NC2CCc3ccccc32)cc2nc(C3=CC=CC3)nn12. The van der Waals surface area contributed by atoms with Crippen LogP contribution in [-0.2, 0) is 6.42 Å². The largest absolute Gasteiger partial charge is 0.384 e. The molecular weight excluding hydrogens is 310 g/mol. The fourth-order valence-electron chi connectivity index (χ4n) is 3.75. The number of aryl methyl sites for hydroxylation is 1. The lowest BCUT2D eigenvalue weighted by molar-refractivity contribution is 0.762. The Morgan fingerprint density at radius 2 is 2.12 bits per heavy atom. The Morgan fingerprint density at radius 1 is 1.20 bits per heavy atom. The van der Waals surface area contributed by atoms with Gasteiger partial charge in [-0.2, -0.15) is 4.52 Å². The molecule has 124 valence electrons. The molecule has 2 aromatic heterocycles. The van der Waals surface area contributed by atoms with Crippen molar-refractivity contribution < 1.29 is 0 Å². The highest BCUT2D eigenvalue weighted by atomic mass is 15.3. The zero-order valence-electron chi connectivity index (χ0n) is 13.8. The summed E-state index contributed by atoms with van der Waals surface area (Å²) in [4.78, 5) is 4.66. The first-order chi connectivity index (χ1) is 12.3. The first-order valence-corrected chi connectivity index (χ1v) is 8.65. The zero-order chi connectivity index (χ0) is 16.8. The molecule has 0 fully saturated rings. The second kappa shape index (κ2) is 5.48. The molecule has 1 unspecified atom stereocenters. The standard InChI is InChI=1S/C20H19N5/c21-18-11-15(22-17-10-9-13-5-3-4-8-16(13)17)12-19-23-20(24-25(18)19)14-6-1-2-7-14/h1-6,8,11-12,17,22H,7,9-10,21H2. The molecule has 3 N–H and O–H groups in total. The van der Waals surface area contributed by atoms with Crippen LogP contribution in [0.3, 0.4) is 0 Å². The van der Waals surface area contributed by atoms with Crippen molar-refractivity contribution in [2.75, 3.05) is 11.1 Å². The molecule has 1 atom stereocenters. The minimum atomic E-state index is 0.321. The van der Waals surface area contributed by atoms with Gasteiger partial charge in [-0.05, 0) is 30.4 Å². The minimum Gasteiger partial charge on any atom is -0.384 e. The van der Waals surface area contributed by atoms with Crippen LogP contribution < -0.4 is 11.1 Å². The van der Waals surface area contributed by atoms with Gasteiger partial charge in [-0.15, -0.1) is 5.10 Å². The molecule has 5 rings (SSSR count). The van der Waals surface area contributed by atoms with E-state index in [1.165, 1.54) is 11.1 Å².